The van der Waals surface area contributed by atoms with E-state index in [0.717, 1.165) is 0 Å². The summed E-state index contributed by atoms with van der Waals surface area (Å²) >= 11 is 0. The summed E-state index contributed by atoms with van der Waals surface area (Å²) in [5, 5.41) is 0. The lowest BCUT2D eigenvalue weighted by molar-refractivity contribution is 0.0156. The summed E-state index contributed by atoms with van der Waals surface area (Å²) in [4.78, 5) is 0. The molecule has 1 unspecified atom stereocenters. The van der Waals surface area contributed by atoms with Gasteiger partial charge in [0.15, 0.2) is 0 Å². The molecular weight excluding hydrogens is 166 g/mol. The predicted molar refractivity (Wildman–Crippen MR) is 41.4 cm³/mol. The lowest BCUT2D eigenvalue weighted by Crippen LogP contribution is -2.34. The van der Waals surface area contributed by atoms with Crippen LogP contribution >= 0.6 is 0 Å². The van der Waals surface area contributed by atoms with Crippen LogP contribution in [0.5, 0.6) is 0 Å². The Morgan fingerprint density at radius 3 is 2.67 bits per heavy atom. The molecule has 0 rings (SSSR count). The van der Waals surface area contributed by atoms with Crippen LogP contribution in [0.1, 0.15) is 6.42 Å². The van der Waals surface area contributed by atoms with Gasteiger partial charge in [-0.15, -0.1) is 6.42 Å². The SMILES string of the molecule is C#CC(CCOCC(F)F)NN. The topological polar surface area (TPSA) is 47.3 Å². The van der Waals surface area contributed by atoms with Gasteiger partial charge < -0.3 is 4.74 Å². The number of hydrogen-bond donors (Lipinski definition) is 2. The molecule has 0 aromatic carbocycles. The number of hydrogen-bond acceptors (Lipinski definition) is 3. The van der Waals surface area contributed by atoms with Crippen LogP contribution in [0.4, 0.5) is 8.78 Å². The van der Waals surface area contributed by atoms with Crippen LogP contribution in [-0.4, -0.2) is 25.7 Å². The van der Waals surface area contributed by atoms with E-state index >= 15 is 0 Å². The molecular formula is C7H12F2N2O. The fraction of sp³-hybridized carbons (Fsp3) is 0.714. The lowest BCUT2D eigenvalue weighted by Gasteiger charge is -2.08. The molecule has 0 saturated heterocycles. The number of nitrogens with one attached hydrogen (secondary N) is 1. The summed E-state index contributed by atoms with van der Waals surface area (Å²) in [6, 6.07) is -0.317. The van der Waals surface area contributed by atoms with Crippen molar-refractivity contribution in [3.63, 3.8) is 0 Å². The molecule has 0 radical (unpaired) electrons. The van der Waals surface area contributed by atoms with E-state index in [9.17, 15) is 8.78 Å². The molecule has 1 atom stereocenters. The van der Waals surface area contributed by atoms with E-state index in [1.165, 1.54) is 0 Å². The normalized spacial score (nSPS) is 12.9. The van der Waals surface area contributed by atoms with Crippen LogP contribution < -0.4 is 11.3 Å². The van der Waals surface area contributed by atoms with Crippen LogP contribution in [-0.2, 0) is 4.74 Å². The first-order valence-corrected chi connectivity index (χ1v) is 3.48. The molecule has 0 spiro atoms. The average Bonchev–Trinajstić information content (AvgIpc) is 2.04. The second-order valence-corrected chi connectivity index (χ2v) is 2.14. The van der Waals surface area contributed by atoms with Gasteiger partial charge in [0.05, 0.1) is 6.04 Å². The van der Waals surface area contributed by atoms with Gasteiger partial charge in [0.25, 0.3) is 6.43 Å². The fourth-order valence-electron chi connectivity index (χ4n) is 0.588. The third-order valence-electron chi connectivity index (χ3n) is 1.20. The van der Waals surface area contributed by atoms with Crippen molar-refractivity contribution < 1.29 is 13.5 Å². The van der Waals surface area contributed by atoms with Crippen LogP contribution in [0, 0.1) is 12.3 Å². The highest BCUT2D eigenvalue weighted by Crippen LogP contribution is 1.95. The van der Waals surface area contributed by atoms with Gasteiger partial charge in [-0.3, -0.25) is 5.84 Å². The maximum atomic E-state index is 11.5. The summed E-state index contributed by atoms with van der Waals surface area (Å²) in [7, 11) is 0. The molecule has 0 aliphatic carbocycles. The first kappa shape index (κ1) is 11.3. The number of alkyl halides is 2. The first-order chi connectivity index (χ1) is 5.70. The molecule has 0 amide bonds. The molecule has 0 heterocycles. The zero-order valence-electron chi connectivity index (χ0n) is 6.59. The van der Waals surface area contributed by atoms with Gasteiger partial charge in [-0.25, -0.2) is 14.2 Å². The monoisotopic (exact) mass is 178 g/mol. The zero-order valence-corrected chi connectivity index (χ0v) is 6.59. The van der Waals surface area contributed by atoms with Crippen LogP contribution in [0.15, 0.2) is 0 Å². The minimum Gasteiger partial charge on any atom is -0.375 e. The molecule has 12 heavy (non-hydrogen) atoms. The Balaban J connectivity index is 3.25. The Hall–Kier alpha value is -0.700. The summed E-state index contributed by atoms with van der Waals surface area (Å²) in [5.74, 6) is 7.37. The highest BCUT2D eigenvalue weighted by atomic mass is 19.3. The number of ether oxygens (including phenoxy) is 1. The molecule has 0 aromatic rings. The van der Waals surface area contributed by atoms with E-state index in [0.29, 0.717) is 6.42 Å². The average molecular weight is 178 g/mol. The molecule has 0 aliphatic rings. The largest absolute Gasteiger partial charge is 0.375 e. The van der Waals surface area contributed by atoms with E-state index in [-0.39, 0.29) is 12.6 Å². The Bertz CT molecular complexity index is 147. The van der Waals surface area contributed by atoms with E-state index in [2.05, 4.69) is 16.1 Å². The van der Waals surface area contributed by atoms with Gasteiger partial charge in [0.2, 0.25) is 0 Å². The van der Waals surface area contributed by atoms with Gasteiger partial charge in [-0.2, -0.15) is 0 Å². The molecule has 3 N–H and O–H groups in total. The molecule has 0 fully saturated rings. The van der Waals surface area contributed by atoms with Crippen molar-refractivity contribution in [3.05, 3.63) is 0 Å². The second-order valence-electron chi connectivity index (χ2n) is 2.14. The standard InChI is InChI=1S/C7H12F2N2O/c1-2-6(11-10)3-4-12-5-7(8)9/h1,6-7,11H,3-5,10H2. The van der Waals surface area contributed by atoms with Crippen molar-refractivity contribution in [2.45, 2.75) is 18.9 Å². The minimum absolute atomic E-state index is 0.184. The Morgan fingerprint density at radius 1 is 1.58 bits per heavy atom. The smallest absolute Gasteiger partial charge is 0.261 e. The maximum Gasteiger partial charge on any atom is 0.261 e. The van der Waals surface area contributed by atoms with E-state index in [4.69, 9.17) is 12.3 Å². The number of halogens is 2. The lowest BCUT2D eigenvalue weighted by atomic mass is 10.2. The molecule has 5 heteroatoms. The molecule has 0 aliphatic heterocycles. The summed E-state index contributed by atoms with van der Waals surface area (Å²) in [6.45, 7) is -0.370. The maximum absolute atomic E-state index is 11.5. The first-order valence-electron chi connectivity index (χ1n) is 3.48. The van der Waals surface area contributed by atoms with Crippen LogP contribution in [0.3, 0.4) is 0 Å². The highest BCUT2D eigenvalue weighted by Gasteiger charge is 2.04. The molecule has 0 bridgehead atoms. The number of nitrogens with two attached hydrogens (primary N) is 1. The van der Waals surface area contributed by atoms with Gasteiger partial charge in [0, 0.05) is 6.61 Å². The van der Waals surface area contributed by atoms with E-state index in [1.807, 2.05) is 0 Å². The van der Waals surface area contributed by atoms with Crippen LogP contribution in [0.25, 0.3) is 0 Å². The van der Waals surface area contributed by atoms with Gasteiger partial charge >= 0.3 is 0 Å². The van der Waals surface area contributed by atoms with E-state index in [1.54, 1.807) is 0 Å². The van der Waals surface area contributed by atoms with Crippen molar-refractivity contribution in [2.75, 3.05) is 13.2 Å². The number of terminal acetylenes is 1. The predicted octanol–water partition coefficient (Wildman–Crippen LogP) is 0.123. The van der Waals surface area contributed by atoms with Gasteiger partial charge in [0.1, 0.15) is 6.61 Å². The van der Waals surface area contributed by atoms with Gasteiger partial charge in [-0.1, -0.05) is 5.92 Å². The molecule has 0 aromatic heterocycles. The molecule has 70 valence electrons. The quantitative estimate of drug-likeness (QED) is 0.263. The van der Waals surface area contributed by atoms with Crippen molar-refractivity contribution >= 4 is 0 Å². The third-order valence-corrected chi connectivity index (χ3v) is 1.20. The van der Waals surface area contributed by atoms with E-state index < -0.39 is 13.0 Å². The minimum atomic E-state index is -2.43. The number of hydrazine groups is 1. The highest BCUT2D eigenvalue weighted by molar-refractivity contribution is 4.97. The third kappa shape index (κ3) is 6.04. The molecule has 0 saturated carbocycles. The van der Waals surface area contributed by atoms with Crippen molar-refractivity contribution in [3.8, 4) is 12.3 Å². The van der Waals surface area contributed by atoms with Crippen molar-refractivity contribution in [1.82, 2.24) is 5.43 Å². The van der Waals surface area contributed by atoms with Crippen molar-refractivity contribution in [1.29, 1.82) is 0 Å². The summed E-state index contributed by atoms with van der Waals surface area (Å²) in [6.07, 6.45) is 3.03. The Morgan fingerprint density at radius 2 is 2.25 bits per heavy atom. The van der Waals surface area contributed by atoms with Crippen LogP contribution in [0.2, 0.25) is 0 Å². The van der Waals surface area contributed by atoms with Gasteiger partial charge in [-0.05, 0) is 6.42 Å². The fourth-order valence-corrected chi connectivity index (χ4v) is 0.588. The summed E-state index contributed by atoms with van der Waals surface area (Å²) < 4.78 is 27.6. The Labute approximate surface area is 70.2 Å². The summed E-state index contributed by atoms with van der Waals surface area (Å²) in [5.41, 5.74) is 2.34. The second kappa shape index (κ2) is 6.98. The molecule has 3 nitrogen and oxygen atoms in total. The zero-order chi connectivity index (χ0) is 9.40. The van der Waals surface area contributed by atoms with Crippen molar-refractivity contribution in [2.24, 2.45) is 5.84 Å². The Kier molecular flexibility index (Phi) is 6.57. The number of rotatable bonds is 6.